The Morgan fingerprint density at radius 2 is 2.10 bits per heavy atom. The van der Waals surface area contributed by atoms with E-state index in [-0.39, 0.29) is 18.6 Å². The first kappa shape index (κ1) is 14.9. The Morgan fingerprint density at radius 3 is 2.80 bits per heavy atom. The van der Waals surface area contributed by atoms with Gasteiger partial charge in [0.05, 0.1) is 16.8 Å². The number of para-hydroxylation sites is 1. The fourth-order valence-corrected chi connectivity index (χ4v) is 2.58. The standard InChI is InChI=1S/C15H20N2O2S/c1-10(2)11(3)16-14(18)8-19-9-15-17-12-6-4-5-7-13(12)20-15/h4-7,10-11H,8-9H2,1-3H3,(H,16,18). The molecule has 1 atom stereocenters. The highest BCUT2D eigenvalue weighted by Crippen LogP contribution is 2.21. The normalized spacial score (nSPS) is 12.8. The number of amides is 1. The van der Waals surface area contributed by atoms with E-state index in [1.807, 2.05) is 31.2 Å². The molecule has 4 nitrogen and oxygen atoms in total. The molecule has 20 heavy (non-hydrogen) atoms. The zero-order chi connectivity index (χ0) is 14.5. The van der Waals surface area contributed by atoms with Gasteiger partial charge in [-0.1, -0.05) is 26.0 Å². The largest absolute Gasteiger partial charge is 0.364 e. The molecule has 0 aliphatic carbocycles. The van der Waals surface area contributed by atoms with E-state index in [1.165, 1.54) is 0 Å². The number of carbonyl (C=O) groups excluding carboxylic acids is 1. The first-order chi connectivity index (χ1) is 9.56. The molecular formula is C15H20N2O2S. The second-order valence-corrected chi connectivity index (χ2v) is 6.28. The summed E-state index contributed by atoms with van der Waals surface area (Å²) in [5, 5.41) is 3.81. The van der Waals surface area contributed by atoms with Gasteiger partial charge >= 0.3 is 0 Å². The molecule has 1 heterocycles. The number of fused-ring (bicyclic) bond motifs is 1. The van der Waals surface area contributed by atoms with E-state index >= 15 is 0 Å². The van der Waals surface area contributed by atoms with Crippen LogP contribution in [0.5, 0.6) is 0 Å². The van der Waals surface area contributed by atoms with E-state index in [9.17, 15) is 4.79 Å². The van der Waals surface area contributed by atoms with Crippen molar-refractivity contribution in [2.45, 2.75) is 33.4 Å². The minimum atomic E-state index is -0.0766. The number of thiazole rings is 1. The van der Waals surface area contributed by atoms with Gasteiger partial charge in [0.15, 0.2) is 0 Å². The number of carbonyl (C=O) groups is 1. The van der Waals surface area contributed by atoms with Crippen molar-refractivity contribution >= 4 is 27.5 Å². The van der Waals surface area contributed by atoms with Crippen LogP contribution in [-0.2, 0) is 16.1 Å². The molecule has 0 bridgehead atoms. The highest BCUT2D eigenvalue weighted by atomic mass is 32.1. The SMILES string of the molecule is CC(C)C(C)NC(=O)COCc1nc2ccccc2s1. The number of benzene rings is 1. The van der Waals surface area contributed by atoms with Crippen LogP contribution in [0.4, 0.5) is 0 Å². The van der Waals surface area contributed by atoms with Crippen LogP contribution in [-0.4, -0.2) is 23.5 Å². The molecule has 1 amide bonds. The molecule has 0 aliphatic rings. The van der Waals surface area contributed by atoms with Gasteiger partial charge in [-0.2, -0.15) is 0 Å². The third-order valence-corrected chi connectivity index (χ3v) is 4.20. The third-order valence-electron chi connectivity index (χ3n) is 3.19. The summed E-state index contributed by atoms with van der Waals surface area (Å²) >= 11 is 1.60. The van der Waals surface area contributed by atoms with Crippen LogP contribution in [0.1, 0.15) is 25.8 Å². The Labute approximate surface area is 123 Å². The predicted octanol–water partition coefficient (Wildman–Crippen LogP) is 2.97. The van der Waals surface area contributed by atoms with E-state index in [2.05, 4.69) is 24.1 Å². The van der Waals surface area contributed by atoms with Gasteiger partial charge in [-0.05, 0) is 25.0 Å². The molecule has 0 saturated carbocycles. The van der Waals surface area contributed by atoms with Gasteiger partial charge in [0.2, 0.25) is 5.91 Å². The molecule has 0 aliphatic heterocycles. The van der Waals surface area contributed by atoms with Crippen molar-refractivity contribution in [1.82, 2.24) is 10.3 Å². The van der Waals surface area contributed by atoms with Gasteiger partial charge in [-0.15, -0.1) is 11.3 Å². The summed E-state index contributed by atoms with van der Waals surface area (Å²) < 4.78 is 6.57. The summed E-state index contributed by atoms with van der Waals surface area (Å²) in [6, 6.07) is 8.13. The van der Waals surface area contributed by atoms with E-state index in [0.29, 0.717) is 12.5 Å². The Kier molecular flexibility index (Phi) is 5.09. The summed E-state index contributed by atoms with van der Waals surface area (Å²) in [7, 11) is 0. The van der Waals surface area contributed by atoms with Gasteiger partial charge in [0, 0.05) is 6.04 Å². The molecule has 1 unspecified atom stereocenters. The first-order valence-electron chi connectivity index (χ1n) is 6.78. The molecule has 1 aromatic carbocycles. The number of nitrogens with zero attached hydrogens (tertiary/aromatic N) is 1. The number of aromatic nitrogens is 1. The van der Waals surface area contributed by atoms with Crippen LogP contribution in [0.3, 0.4) is 0 Å². The Balaban J connectivity index is 1.79. The van der Waals surface area contributed by atoms with Crippen molar-refractivity contribution in [3.05, 3.63) is 29.3 Å². The van der Waals surface area contributed by atoms with Gasteiger partial charge in [-0.3, -0.25) is 4.79 Å². The quantitative estimate of drug-likeness (QED) is 0.890. The molecule has 2 rings (SSSR count). The van der Waals surface area contributed by atoms with Crippen molar-refractivity contribution in [2.75, 3.05) is 6.61 Å². The lowest BCUT2D eigenvalue weighted by atomic mass is 10.1. The maximum atomic E-state index is 11.7. The third kappa shape index (κ3) is 4.02. The van der Waals surface area contributed by atoms with Crippen LogP contribution in [0.25, 0.3) is 10.2 Å². The first-order valence-corrected chi connectivity index (χ1v) is 7.59. The molecule has 5 heteroatoms. The molecule has 108 valence electrons. The van der Waals surface area contributed by atoms with E-state index in [0.717, 1.165) is 15.2 Å². The summed E-state index contributed by atoms with van der Waals surface area (Å²) in [4.78, 5) is 16.1. The number of rotatable bonds is 6. The van der Waals surface area contributed by atoms with Crippen molar-refractivity contribution in [1.29, 1.82) is 0 Å². The lowest BCUT2D eigenvalue weighted by Crippen LogP contribution is -2.38. The van der Waals surface area contributed by atoms with Crippen molar-refractivity contribution in [2.24, 2.45) is 5.92 Å². The molecule has 0 saturated heterocycles. The van der Waals surface area contributed by atoms with Gasteiger partial charge < -0.3 is 10.1 Å². The van der Waals surface area contributed by atoms with Gasteiger partial charge in [0.1, 0.15) is 11.6 Å². The summed E-state index contributed by atoms with van der Waals surface area (Å²) in [5.74, 6) is 0.343. The van der Waals surface area contributed by atoms with E-state index in [4.69, 9.17) is 4.74 Å². The lowest BCUT2D eigenvalue weighted by molar-refractivity contribution is -0.127. The monoisotopic (exact) mass is 292 g/mol. The molecule has 0 spiro atoms. The molecule has 1 aromatic heterocycles. The van der Waals surface area contributed by atoms with Crippen LogP contribution in [0, 0.1) is 5.92 Å². The average molecular weight is 292 g/mol. The van der Waals surface area contributed by atoms with E-state index < -0.39 is 0 Å². The van der Waals surface area contributed by atoms with Gasteiger partial charge in [-0.25, -0.2) is 4.98 Å². The van der Waals surface area contributed by atoms with Crippen LogP contribution in [0.15, 0.2) is 24.3 Å². The number of nitrogens with one attached hydrogen (secondary N) is 1. The smallest absolute Gasteiger partial charge is 0.246 e. The average Bonchev–Trinajstić information content (AvgIpc) is 2.81. The highest BCUT2D eigenvalue weighted by molar-refractivity contribution is 7.18. The zero-order valence-electron chi connectivity index (χ0n) is 12.1. The lowest BCUT2D eigenvalue weighted by Gasteiger charge is -2.17. The Hall–Kier alpha value is -1.46. The molecule has 1 N–H and O–H groups in total. The molecular weight excluding hydrogens is 272 g/mol. The fourth-order valence-electron chi connectivity index (χ4n) is 1.67. The van der Waals surface area contributed by atoms with Crippen LogP contribution in [0.2, 0.25) is 0 Å². The topological polar surface area (TPSA) is 51.2 Å². The second-order valence-electron chi connectivity index (χ2n) is 5.17. The second kappa shape index (κ2) is 6.81. The summed E-state index contributed by atoms with van der Waals surface area (Å²) in [6.45, 7) is 6.60. The highest BCUT2D eigenvalue weighted by Gasteiger charge is 2.11. The van der Waals surface area contributed by atoms with Gasteiger partial charge in [0.25, 0.3) is 0 Å². The molecule has 0 radical (unpaired) electrons. The van der Waals surface area contributed by atoms with Crippen molar-refractivity contribution < 1.29 is 9.53 Å². The predicted molar refractivity (Wildman–Crippen MR) is 81.7 cm³/mol. The number of ether oxygens (including phenoxy) is 1. The number of hydrogen-bond donors (Lipinski definition) is 1. The van der Waals surface area contributed by atoms with Crippen molar-refractivity contribution in [3.63, 3.8) is 0 Å². The number of hydrogen-bond acceptors (Lipinski definition) is 4. The Bertz CT molecular complexity index is 547. The zero-order valence-corrected chi connectivity index (χ0v) is 12.9. The minimum absolute atomic E-state index is 0.0764. The fraction of sp³-hybridized carbons (Fsp3) is 0.467. The Morgan fingerprint density at radius 1 is 1.35 bits per heavy atom. The minimum Gasteiger partial charge on any atom is -0.364 e. The van der Waals surface area contributed by atoms with Crippen molar-refractivity contribution in [3.8, 4) is 0 Å². The molecule has 2 aromatic rings. The summed E-state index contributed by atoms with van der Waals surface area (Å²) in [6.07, 6.45) is 0. The maximum absolute atomic E-state index is 11.7. The maximum Gasteiger partial charge on any atom is 0.246 e. The summed E-state index contributed by atoms with van der Waals surface area (Å²) in [5.41, 5.74) is 0.981. The van der Waals surface area contributed by atoms with Crippen LogP contribution < -0.4 is 5.32 Å². The molecule has 0 fully saturated rings. The van der Waals surface area contributed by atoms with E-state index in [1.54, 1.807) is 11.3 Å². The van der Waals surface area contributed by atoms with Crippen LogP contribution >= 0.6 is 11.3 Å².